The first-order valence-corrected chi connectivity index (χ1v) is 4.95. The van der Waals surface area contributed by atoms with E-state index in [9.17, 15) is 0 Å². The van der Waals surface area contributed by atoms with E-state index in [1.54, 1.807) is 24.3 Å². The third-order valence-corrected chi connectivity index (χ3v) is 2.61. The van der Waals surface area contributed by atoms with Crippen LogP contribution in [0.1, 0.15) is 25.7 Å². The van der Waals surface area contributed by atoms with Crippen molar-refractivity contribution in [3.8, 4) is 11.5 Å². The smallest absolute Gasteiger partial charge is 0.158 e. The number of nitrogens with two attached hydrogens (primary N) is 1. The molecule has 1 fully saturated rings. The third-order valence-electron chi connectivity index (χ3n) is 2.61. The van der Waals surface area contributed by atoms with Crippen LogP contribution >= 0.6 is 12.4 Å². The molecule has 0 bridgehead atoms. The summed E-state index contributed by atoms with van der Waals surface area (Å²) in [6.45, 7) is 0. The second-order valence-corrected chi connectivity index (χ2v) is 3.87. The molecule has 0 saturated heterocycles. The van der Waals surface area contributed by atoms with Crippen molar-refractivity contribution in [1.29, 1.82) is 0 Å². The summed E-state index contributed by atoms with van der Waals surface area (Å²) in [4.78, 5) is 0. The van der Waals surface area contributed by atoms with Gasteiger partial charge in [0.05, 0.1) is 0 Å². The lowest BCUT2D eigenvalue weighted by molar-refractivity contribution is 0.0834. The van der Waals surface area contributed by atoms with Gasteiger partial charge in [0.25, 0.3) is 0 Å². The SMILES string of the molecule is Cl.NC1(Oc2ccc(O)cc2)CCCC1. The van der Waals surface area contributed by atoms with Crippen LogP contribution in [0.15, 0.2) is 24.3 Å². The molecule has 0 heterocycles. The number of aromatic hydroxyl groups is 1. The molecule has 0 atom stereocenters. The first kappa shape index (κ1) is 12.1. The van der Waals surface area contributed by atoms with E-state index in [1.165, 1.54) is 0 Å². The van der Waals surface area contributed by atoms with E-state index in [0.717, 1.165) is 31.4 Å². The first-order valence-electron chi connectivity index (χ1n) is 4.95. The molecule has 1 saturated carbocycles. The van der Waals surface area contributed by atoms with Gasteiger partial charge in [0.2, 0.25) is 0 Å². The van der Waals surface area contributed by atoms with Crippen molar-refractivity contribution in [3.63, 3.8) is 0 Å². The van der Waals surface area contributed by atoms with Gasteiger partial charge in [0, 0.05) is 12.8 Å². The lowest BCUT2D eigenvalue weighted by atomic mass is 10.2. The Bertz CT molecular complexity index is 307. The molecule has 15 heavy (non-hydrogen) atoms. The molecule has 1 aliphatic rings. The first-order chi connectivity index (χ1) is 6.68. The Kier molecular flexibility index (Phi) is 3.83. The van der Waals surface area contributed by atoms with Gasteiger partial charge in [-0.2, -0.15) is 0 Å². The molecular weight excluding hydrogens is 214 g/mol. The van der Waals surface area contributed by atoms with Crippen molar-refractivity contribution < 1.29 is 9.84 Å². The average Bonchev–Trinajstić information content (AvgIpc) is 2.57. The minimum atomic E-state index is -0.489. The highest BCUT2D eigenvalue weighted by Crippen LogP contribution is 2.30. The van der Waals surface area contributed by atoms with Crippen LogP contribution in [-0.2, 0) is 0 Å². The molecule has 0 aliphatic heterocycles. The second-order valence-electron chi connectivity index (χ2n) is 3.87. The Labute approximate surface area is 95.7 Å². The van der Waals surface area contributed by atoms with Gasteiger partial charge in [-0.1, -0.05) is 0 Å². The highest BCUT2D eigenvalue weighted by atomic mass is 35.5. The number of benzene rings is 1. The van der Waals surface area contributed by atoms with Crippen LogP contribution in [0.4, 0.5) is 0 Å². The summed E-state index contributed by atoms with van der Waals surface area (Å²) >= 11 is 0. The normalized spacial score (nSPS) is 18.2. The van der Waals surface area contributed by atoms with Crippen molar-refractivity contribution in [2.75, 3.05) is 0 Å². The van der Waals surface area contributed by atoms with Gasteiger partial charge in [0.15, 0.2) is 5.72 Å². The number of hydrogen-bond acceptors (Lipinski definition) is 3. The molecule has 0 radical (unpaired) electrons. The Morgan fingerprint density at radius 3 is 2.20 bits per heavy atom. The van der Waals surface area contributed by atoms with Gasteiger partial charge in [-0.3, -0.25) is 5.73 Å². The van der Waals surface area contributed by atoms with Crippen molar-refractivity contribution in [2.24, 2.45) is 5.73 Å². The maximum atomic E-state index is 9.09. The van der Waals surface area contributed by atoms with E-state index >= 15 is 0 Å². The molecule has 1 aliphatic carbocycles. The molecule has 0 spiro atoms. The van der Waals surface area contributed by atoms with E-state index in [4.69, 9.17) is 15.6 Å². The van der Waals surface area contributed by atoms with E-state index in [2.05, 4.69) is 0 Å². The summed E-state index contributed by atoms with van der Waals surface area (Å²) < 4.78 is 5.68. The lowest BCUT2D eigenvalue weighted by Crippen LogP contribution is -2.42. The van der Waals surface area contributed by atoms with Crippen molar-refractivity contribution >= 4 is 12.4 Å². The fourth-order valence-corrected chi connectivity index (χ4v) is 1.82. The Morgan fingerprint density at radius 2 is 1.67 bits per heavy atom. The van der Waals surface area contributed by atoms with E-state index in [0.29, 0.717) is 0 Å². The van der Waals surface area contributed by atoms with Gasteiger partial charge in [-0.05, 0) is 37.1 Å². The highest BCUT2D eigenvalue weighted by Gasteiger charge is 2.31. The summed E-state index contributed by atoms with van der Waals surface area (Å²) in [6.07, 6.45) is 4.09. The summed E-state index contributed by atoms with van der Waals surface area (Å²) in [7, 11) is 0. The fraction of sp³-hybridized carbons (Fsp3) is 0.455. The van der Waals surface area contributed by atoms with Crippen LogP contribution in [0.5, 0.6) is 11.5 Å². The van der Waals surface area contributed by atoms with E-state index in [1.807, 2.05) is 0 Å². The van der Waals surface area contributed by atoms with Crippen molar-refractivity contribution in [3.05, 3.63) is 24.3 Å². The zero-order chi connectivity index (χ0) is 10.0. The van der Waals surface area contributed by atoms with Gasteiger partial charge in [-0.15, -0.1) is 12.4 Å². The third kappa shape index (κ3) is 3.01. The number of ether oxygens (including phenoxy) is 1. The maximum Gasteiger partial charge on any atom is 0.158 e. The van der Waals surface area contributed by atoms with Gasteiger partial charge in [-0.25, -0.2) is 0 Å². The topological polar surface area (TPSA) is 55.5 Å². The minimum Gasteiger partial charge on any atom is -0.508 e. The molecule has 0 unspecified atom stereocenters. The van der Waals surface area contributed by atoms with Gasteiger partial charge in [0.1, 0.15) is 11.5 Å². The highest BCUT2D eigenvalue weighted by molar-refractivity contribution is 5.85. The lowest BCUT2D eigenvalue weighted by Gasteiger charge is -2.25. The van der Waals surface area contributed by atoms with Crippen LogP contribution < -0.4 is 10.5 Å². The quantitative estimate of drug-likeness (QED) is 0.766. The zero-order valence-corrected chi connectivity index (χ0v) is 9.30. The summed E-state index contributed by atoms with van der Waals surface area (Å²) in [6, 6.07) is 6.69. The second kappa shape index (κ2) is 4.73. The molecule has 3 N–H and O–H groups in total. The number of halogens is 1. The predicted octanol–water partition coefficient (Wildman–Crippen LogP) is 2.42. The van der Waals surface area contributed by atoms with Crippen LogP contribution in [0, 0.1) is 0 Å². The average molecular weight is 230 g/mol. The Hall–Kier alpha value is -0.930. The molecule has 1 aromatic carbocycles. The molecule has 4 heteroatoms. The minimum absolute atomic E-state index is 0. The molecule has 3 nitrogen and oxygen atoms in total. The van der Waals surface area contributed by atoms with Crippen LogP contribution in [0.3, 0.4) is 0 Å². The Morgan fingerprint density at radius 1 is 1.13 bits per heavy atom. The van der Waals surface area contributed by atoms with Gasteiger partial charge < -0.3 is 9.84 Å². The monoisotopic (exact) mass is 229 g/mol. The molecule has 1 aromatic rings. The number of phenolic OH excluding ortho intramolecular Hbond substituents is 1. The van der Waals surface area contributed by atoms with E-state index < -0.39 is 5.72 Å². The molecular formula is C11H16ClNO2. The summed E-state index contributed by atoms with van der Waals surface area (Å²) in [5.74, 6) is 0.974. The standard InChI is InChI=1S/C11H15NO2.ClH/c12-11(7-1-2-8-11)14-10-5-3-9(13)4-6-10;/h3-6,13H,1-2,7-8,12H2;1H. The van der Waals surface area contributed by atoms with Crippen molar-refractivity contribution in [2.45, 2.75) is 31.4 Å². The molecule has 0 aromatic heterocycles. The number of phenols is 1. The molecule has 0 amide bonds. The maximum absolute atomic E-state index is 9.09. The van der Waals surface area contributed by atoms with Crippen LogP contribution in [0.25, 0.3) is 0 Å². The fourth-order valence-electron chi connectivity index (χ4n) is 1.82. The zero-order valence-electron chi connectivity index (χ0n) is 8.48. The van der Waals surface area contributed by atoms with Crippen LogP contribution in [-0.4, -0.2) is 10.8 Å². The van der Waals surface area contributed by atoms with Gasteiger partial charge >= 0.3 is 0 Å². The largest absolute Gasteiger partial charge is 0.508 e. The number of rotatable bonds is 2. The van der Waals surface area contributed by atoms with Crippen molar-refractivity contribution in [1.82, 2.24) is 0 Å². The summed E-state index contributed by atoms with van der Waals surface area (Å²) in [5.41, 5.74) is 5.56. The number of hydrogen-bond donors (Lipinski definition) is 2. The molecule has 2 rings (SSSR count). The predicted molar refractivity (Wildman–Crippen MR) is 61.4 cm³/mol. The van der Waals surface area contributed by atoms with Crippen LogP contribution in [0.2, 0.25) is 0 Å². The molecule has 84 valence electrons. The Balaban J connectivity index is 0.00000112. The summed E-state index contributed by atoms with van der Waals surface area (Å²) in [5, 5.41) is 9.09. The van der Waals surface area contributed by atoms with E-state index in [-0.39, 0.29) is 18.2 Å².